The summed E-state index contributed by atoms with van der Waals surface area (Å²) >= 11 is 0. The molecule has 0 rings (SSSR count). The zero-order chi connectivity index (χ0) is 11.4. The lowest BCUT2D eigenvalue weighted by Gasteiger charge is -2.12. The van der Waals surface area contributed by atoms with Gasteiger partial charge in [0.1, 0.15) is 11.3 Å². The fourth-order valence-electron chi connectivity index (χ4n) is 0.709. The Morgan fingerprint density at radius 2 is 2.07 bits per heavy atom. The third kappa shape index (κ3) is 3.75. The second-order valence-electron chi connectivity index (χ2n) is 3.07. The van der Waals surface area contributed by atoms with E-state index in [1.165, 1.54) is 6.92 Å². The van der Waals surface area contributed by atoms with Gasteiger partial charge in [0.25, 0.3) is 0 Å². The molecular weight excluding hydrogens is 204 g/mol. The largest absolute Gasteiger partial charge is 0.339 e. The lowest BCUT2D eigenvalue weighted by molar-refractivity contribution is -0.120. The van der Waals surface area contributed by atoms with Crippen LogP contribution in [0.5, 0.6) is 0 Å². The molecule has 0 aromatic heterocycles. The number of sulfone groups is 1. The Labute approximate surface area is 84.0 Å². The molecule has 0 fully saturated rings. The van der Waals surface area contributed by atoms with E-state index in [1.54, 1.807) is 6.92 Å². The molecule has 1 amide bonds. The molecule has 0 aromatic carbocycles. The molecule has 0 aliphatic heterocycles. The van der Waals surface area contributed by atoms with E-state index in [-0.39, 0.29) is 0 Å². The van der Waals surface area contributed by atoms with Gasteiger partial charge in [0, 0.05) is 6.26 Å². The summed E-state index contributed by atoms with van der Waals surface area (Å²) in [5.41, 5.74) is 0. The molecule has 0 saturated carbocycles. The second kappa shape index (κ2) is 4.96. The molecular formula is C8H14N2O3S. The number of nitrogens with zero attached hydrogens (tertiary/aromatic N) is 1. The first kappa shape index (κ1) is 12.9. The van der Waals surface area contributed by atoms with Crippen LogP contribution >= 0.6 is 0 Å². The van der Waals surface area contributed by atoms with Gasteiger partial charge in [-0.05, 0) is 13.3 Å². The average Bonchev–Trinajstić information content (AvgIpc) is 2.11. The third-order valence-corrected chi connectivity index (χ3v) is 3.39. The van der Waals surface area contributed by atoms with Crippen LogP contribution in [0.1, 0.15) is 20.3 Å². The summed E-state index contributed by atoms with van der Waals surface area (Å²) in [4.78, 5) is 11.3. The maximum absolute atomic E-state index is 11.3. The van der Waals surface area contributed by atoms with Crippen LogP contribution in [-0.2, 0) is 14.6 Å². The molecule has 6 heteroatoms. The predicted octanol–water partition coefficient (Wildman–Crippen LogP) is -0.162. The van der Waals surface area contributed by atoms with Crippen molar-refractivity contribution in [3.8, 4) is 6.07 Å². The standard InChI is InChI=1S/C8H14N2O3S/c1-4-7(5-9)10-8(11)6(2)14(3,12)13/h6-7H,4H2,1-3H3,(H,10,11). The summed E-state index contributed by atoms with van der Waals surface area (Å²) in [6.45, 7) is 3.04. The topological polar surface area (TPSA) is 87.0 Å². The van der Waals surface area contributed by atoms with E-state index in [2.05, 4.69) is 5.32 Å². The van der Waals surface area contributed by atoms with Crippen molar-refractivity contribution < 1.29 is 13.2 Å². The first-order chi connectivity index (χ1) is 6.32. The van der Waals surface area contributed by atoms with Gasteiger partial charge in [0.15, 0.2) is 9.84 Å². The van der Waals surface area contributed by atoms with E-state index < -0.39 is 27.0 Å². The van der Waals surface area contributed by atoms with Crippen molar-refractivity contribution in [1.82, 2.24) is 5.32 Å². The quantitative estimate of drug-likeness (QED) is 0.710. The number of nitriles is 1. The number of hydrogen-bond donors (Lipinski definition) is 1. The van der Waals surface area contributed by atoms with Crippen molar-refractivity contribution >= 4 is 15.7 Å². The van der Waals surface area contributed by atoms with Crippen LogP contribution in [0.4, 0.5) is 0 Å². The minimum atomic E-state index is -3.39. The van der Waals surface area contributed by atoms with Crippen molar-refractivity contribution in [1.29, 1.82) is 5.26 Å². The number of carbonyl (C=O) groups is 1. The monoisotopic (exact) mass is 218 g/mol. The maximum atomic E-state index is 11.3. The van der Waals surface area contributed by atoms with Gasteiger partial charge in [0.2, 0.25) is 5.91 Å². The molecule has 0 spiro atoms. The fraction of sp³-hybridized carbons (Fsp3) is 0.750. The van der Waals surface area contributed by atoms with Gasteiger partial charge in [-0.25, -0.2) is 8.42 Å². The molecule has 0 aliphatic carbocycles. The second-order valence-corrected chi connectivity index (χ2v) is 5.44. The third-order valence-electron chi connectivity index (χ3n) is 1.89. The summed E-state index contributed by atoms with van der Waals surface area (Å²) in [5.74, 6) is -0.624. The zero-order valence-electron chi connectivity index (χ0n) is 8.44. The van der Waals surface area contributed by atoms with Crippen LogP contribution in [0, 0.1) is 11.3 Å². The Morgan fingerprint density at radius 3 is 2.36 bits per heavy atom. The zero-order valence-corrected chi connectivity index (χ0v) is 9.26. The number of nitrogens with one attached hydrogen (secondary N) is 1. The van der Waals surface area contributed by atoms with Crippen molar-refractivity contribution in [3.05, 3.63) is 0 Å². The van der Waals surface area contributed by atoms with Gasteiger partial charge in [0.05, 0.1) is 6.07 Å². The highest BCUT2D eigenvalue weighted by molar-refractivity contribution is 7.92. The van der Waals surface area contributed by atoms with Crippen LogP contribution in [0.15, 0.2) is 0 Å². The van der Waals surface area contributed by atoms with Gasteiger partial charge in [-0.1, -0.05) is 6.92 Å². The molecule has 5 nitrogen and oxygen atoms in total. The lowest BCUT2D eigenvalue weighted by Crippen LogP contribution is -2.42. The number of rotatable bonds is 4. The van der Waals surface area contributed by atoms with Crippen molar-refractivity contribution in [3.63, 3.8) is 0 Å². The molecule has 0 aliphatic rings. The van der Waals surface area contributed by atoms with E-state index in [0.717, 1.165) is 6.26 Å². The van der Waals surface area contributed by atoms with Crippen LogP contribution in [0.25, 0.3) is 0 Å². The summed E-state index contributed by atoms with van der Waals surface area (Å²) in [5, 5.41) is 9.78. The van der Waals surface area contributed by atoms with E-state index in [4.69, 9.17) is 5.26 Å². The first-order valence-corrected chi connectivity index (χ1v) is 6.17. The van der Waals surface area contributed by atoms with Gasteiger partial charge < -0.3 is 5.32 Å². The predicted molar refractivity (Wildman–Crippen MR) is 52.1 cm³/mol. The number of amides is 1. The average molecular weight is 218 g/mol. The smallest absolute Gasteiger partial charge is 0.239 e. The molecule has 0 saturated heterocycles. The Morgan fingerprint density at radius 1 is 1.57 bits per heavy atom. The molecule has 1 N–H and O–H groups in total. The Bertz CT molecular complexity index is 342. The van der Waals surface area contributed by atoms with Crippen LogP contribution in [0.2, 0.25) is 0 Å². The van der Waals surface area contributed by atoms with E-state index in [1.807, 2.05) is 6.07 Å². The highest BCUT2D eigenvalue weighted by Gasteiger charge is 2.24. The van der Waals surface area contributed by atoms with Gasteiger partial charge >= 0.3 is 0 Å². The molecule has 0 heterocycles. The molecule has 80 valence electrons. The molecule has 0 bridgehead atoms. The first-order valence-electron chi connectivity index (χ1n) is 4.21. The highest BCUT2D eigenvalue weighted by Crippen LogP contribution is 1.99. The minimum absolute atomic E-state index is 0.457. The SMILES string of the molecule is CCC(C#N)NC(=O)C(C)S(C)(=O)=O. The fourth-order valence-corrected chi connectivity index (χ4v) is 1.17. The van der Waals surface area contributed by atoms with E-state index >= 15 is 0 Å². The molecule has 0 radical (unpaired) electrons. The molecule has 2 unspecified atom stereocenters. The van der Waals surface area contributed by atoms with Crippen LogP contribution in [-0.4, -0.2) is 31.9 Å². The number of hydrogen-bond acceptors (Lipinski definition) is 4. The van der Waals surface area contributed by atoms with Gasteiger partial charge in [-0.15, -0.1) is 0 Å². The van der Waals surface area contributed by atoms with Crippen LogP contribution in [0.3, 0.4) is 0 Å². The van der Waals surface area contributed by atoms with Crippen molar-refractivity contribution in [2.75, 3.05) is 6.26 Å². The molecule has 0 aromatic rings. The summed E-state index contributed by atoms with van der Waals surface area (Å²) in [6, 6.07) is 1.24. The number of carbonyl (C=O) groups excluding carboxylic acids is 1. The summed E-state index contributed by atoms with van der Waals surface area (Å²) < 4.78 is 22.0. The normalized spacial score (nSPS) is 15.3. The molecule has 2 atom stereocenters. The Hall–Kier alpha value is -1.09. The Balaban J connectivity index is 4.45. The maximum Gasteiger partial charge on any atom is 0.239 e. The van der Waals surface area contributed by atoms with Crippen LogP contribution < -0.4 is 5.32 Å². The Kier molecular flexibility index (Phi) is 4.57. The lowest BCUT2D eigenvalue weighted by atomic mass is 10.2. The van der Waals surface area contributed by atoms with E-state index in [9.17, 15) is 13.2 Å². The summed E-state index contributed by atoms with van der Waals surface area (Å²) in [7, 11) is -3.39. The summed E-state index contributed by atoms with van der Waals surface area (Å²) in [6.07, 6.45) is 1.45. The molecule has 14 heavy (non-hydrogen) atoms. The minimum Gasteiger partial charge on any atom is -0.339 e. The van der Waals surface area contributed by atoms with Crippen molar-refractivity contribution in [2.24, 2.45) is 0 Å². The highest BCUT2D eigenvalue weighted by atomic mass is 32.2. The van der Waals surface area contributed by atoms with Gasteiger partial charge in [-0.3, -0.25) is 4.79 Å². The van der Waals surface area contributed by atoms with Crippen molar-refractivity contribution in [2.45, 2.75) is 31.6 Å². The van der Waals surface area contributed by atoms with E-state index in [0.29, 0.717) is 6.42 Å². The van der Waals surface area contributed by atoms with Gasteiger partial charge in [-0.2, -0.15) is 5.26 Å².